The molecule has 2 N–H and O–H groups in total. The molecule has 1 saturated carbocycles. The maximum atomic E-state index is 5.64. The molecule has 2 aliphatic rings. The van der Waals surface area contributed by atoms with E-state index in [0.717, 1.165) is 57.1 Å². The second-order valence-electron chi connectivity index (χ2n) is 6.85. The summed E-state index contributed by atoms with van der Waals surface area (Å²) in [5.41, 5.74) is 0. The van der Waals surface area contributed by atoms with Crippen LogP contribution >= 0.6 is 24.0 Å². The molecule has 0 amide bonds. The predicted molar refractivity (Wildman–Crippen MR) is 108 cm³/mol. The minimum atomic E-state index is 0. The van der Waals surface area contributed by atoms with Gasteiger partial charge in [0, 0.05) is 46.4 Å². The molecule has 0 bridgehead atoms. The molecule has 1 heterocycles. The normalized spacial score (nSPS) is 22.5. The van der Waals surface area contributed by atoms with Gasteiger partial charge in [-0.25, -0.2) is 0 Å². The van der Waals surface area contributed by atoms with Gasteiger partial charge in [0.15, 0.2) is 5.96 Å². The summed E-state index contributed by atoms with van der Waals surface area (Å²) in [4.78, 5) is 6.83. The first-order chi connectivity index (χ1) is 10.8. The van der Waals surface area contributed by atoms with Crippen LogP contribution in [0.25, 0.3) is 0 Å². The number of rotatable bonds is 9. The average molecular weight is 438 g/mol. The molecule has 2 fully saturated rings. The molecule has 6 heteroatoms. The first-order valence-corrected chi connectivity index (χ1v) is 9.02. The molecular weight excluding hydrogens is 403 g/mol. The topological polar surface area (TPSA) is 48.9 Å². The number of nitrogens with one attached hydrogen (secondary N) is 2. The van der Waals surface area contributed by atoms with Gasteiger partial charge in [-0.15, -0.1) is 24.0 Å². The standard InChI is InChI=1S/C17H34N4O.HI/c1-15-5-3-10-21(13-15)11-9-20-17(18-2)19-8-4-12-22-14-16-6-7-16;/h15-16H,3-14H2,1-2H3,(H2,18,19,20);1H. The van der Waals surface area contributed by atoms with E-state index in [1.54, 1.807) is 0 Å². The molecule has 1 aliphatic carbocycles. The fourth-order valence-corrected chi connectivity index (χ4v) is 2.96. The fraction of sp³-hybridized carbons (Fsp3) is 0.941. The number of nitrogens with zero attached hydrogens (tertiary/aromatic N) is 2. The molecule has 1 unspecified atom stereocenters. The Labute approximate surface area is 159 Å². The van der Waals surface area contributed by atoms with Crippen molar-refractivity contribution in [2.24, 2.45) is 16.8 Å². The zero-order valence-electron chi connectivity index (χ0n) is 14.9. The van der Waals surface area contributed by atoms with Crippen LogP contribution in [0.1, 0.15) is 39.0 Å². The Bertz CT molecular complexity index is 337. The van der Waals surface area contributed by atoms with E-state index in [9.17, 15) is 0 Å². The van der Waals surface area contributed by atoms with Crippen LogP contribution in [-0.2, 0) is 4.74 Å². The van der Waals surface area contributed by atoms with Crippen molar-refractivity contribution >= 4 is 29.9 Å². The van der Waals surface area contributed by atoms with Crippen LogP contribution in [-0.4, -0.2) is 63.8 Å². The molecule has 0 spiro atoms. The summed E-state index contributed by atoms with van der Waals surface area (Å²) in [5, 5.41) is 6.77. The molecule has 1 atom stereocenters. The van der Waals surface area contributed by atoms with E-state index in [0.29, 0.717) is 0 Å². The van der Waals surface area contributed by atoms with Gasteiger partial charge in [0.25, 0.3) is 0 Å². The molecule has 2 rings (SSSR count). The molecule has 5 nitrogen and oxygen atoms in total. The highest BCUT2D eigenvalue weighted by Crippen LogP contribution is 2.28. The Hall–Kier alpha value is -0.0800. The molecule has 0 radical (unpaired) electrons. The van der Waals surface area contributed by atoms with E-state index < -0.39 is 0 Å². The van der Waals surface area contributed by atoms with Gasteiger partial charge >= 0.3 is 0 Å². The van der Waals surface area contributed by atoms with E-state index in [1.807, 2.05) is 7.05 Å². The number of aliphatic imine (C=N–C) groups is 1. The molecule has 0 aromatic heterocycles. The van der Waals surface area contributed by atoms with Crippen molar-refractivity contribution in [3.8, 4) is 0 Å². The van der Waals surface area contributed by atoms with Crippen LogP contribution in [0.3, 0.4) is 0 Å². The molecule has 0 aromatic rings. The largest absolute Gasteiger partial charge is 0.381 e. The van der Waals surface area contributed by atoms with Crippen molar-refractivity contribution in [1.29, 1.82) is 0 Å². The van der Waals surface area contributed by atoms with Crippen molar-refractivity contribution in [1.82, 2.24) is 15.5 Å². The Kier molecular flexibility index (Phi) is 11.2. The zero-order chi connectivity index (χ0) is 15.6. The lowest BCUT2D eigenvalue weighted by molar-refractivity contribution is 0.123. The van der Waals surface area contributed by atoms with Crippen molar-refractivity contribution in [2.45, 2.75) is 39.0 Å². The number of hydrogen-bond donors (Lipinski definition) is 2. The van der Waals surface area contributed by atoms with Gasteiger partial charge in [0.2, 0.25) is 0 Å². The number of halogens is 1. The number of ether oxygens (including phenoxy) is 1. The Morgan fingerprint density at radius 1 is 1.22 bits per heavy atom. The minimum Gasteiger partial charge on any atom is -0.381 e. The third-order valence-corrected chi connectivity index (χ3v) is 4.49. The molecule has 136 valence electrons. The van der Waals surface area contributed by atoms with Gasteiger partial charge in [-0.3, -0.25) is 4.99 Å². The minimum absolute atomic E-state index is 0. The van der Waals surface area contributed by atoms with Crippen molar-refractivity contribution in [3.63, 3.8) is 0 Å². The average Bonchev–Trinajstić information content (AvgIpc) is 3.33. The Balaban J connectivity index is 0.00000264. The maximum absolute atomic E-state index is 5.64. The number of guanidine groups is 1. The first kappa shape index (κ1) is 21.0. The van der Waals surface area contributed by atoms with Crippen molar-refractivity contribution < 1.29 is 4.74 Å². The number of piperidine rings is 1. The molecule has 1 aliphatic heterocycles. The lowest BCUT2D eigenvalue weighted by atomic mass is 10.0. The van der Waals surface area contributed by atoms with Gasteiger partial charge in [0.05, 0.1) is 0 Å². The van der Waals surface area contributed by atoms with Crippen LogP contribution in [0.5, 0.6) is 0 Å². The van der Waals surface area contributed by atoms with Gasteiger partial charge in [-0.1, -0.05) is 6.92 Å². The second kappa shape index (κ2) is 12.3. The van der Waals surface area contributed by atoms with Gasteiger partial charge in [-0.05, 0) is 50.5 Å². The fourth-order valence-electron chi connectivity index (χ4n) is 2.96. The predicted octanol–water partition coefficient (Wildman–Crippen LogP) is 2.32. The van der Waals surface area contributed by atoms with Gasteiger partial charge < -0.3 is 20.3 Å². The van der Waals surface area contributed by atoms with Crippen LogP contribution in [0.15, 0.2) is 4.99 Å². The Morgan fingerprint density at radius 2 is 2.00 bits per heavy atom. The SMILES string of the molecule is CN=C(NCCCOCC1CC1)NCCN1CCCC(C)C1.I. The van der Waals surface area contributed by atoms with Crippen molar-refractivity contribution in [3.05, 3.63) is 0 Å². The van der Waals surface area contributed by atoms with E-state index in [-0.39, 0.29) is 24.0 Å². The van der Waals surface area contributed by atoms with E-state index in [1.165, 1.54) is 38.8 Å². The lowest BCUT2D eigenvalue weighted by Gasteiger charge is -2.30. The quantitative estimate of drug-likeness (QED) is 0.251. The van der Waals surface area contributed by atoms with E-state index in [2.05, 4.69) is 27.4 Å². The first-order valence-electron chi connectivity index (χ1n) is 9.02. The lowest BCUT2D eigenvalue weighted by Crippen LogP contribution is -2.44. The van der Waals surface area contributed by atoms with Crippen molar-refractivity contribution in [2.75, 3.05) is 53.0 Å². The van der Waals surface area contributed by atoms with Crippen LogP contribution in [0.4, 0.5) is 0 Å². The van der Waals surface area contributed by atoms with E-state index in [4.69, 9.17) is 4.74 Å². The summed E-state index contributed by atoms with van der Waals surface area (Å²) in [6.07, 6.45) is 6.50. The summed E-state index contributed by atoms with van der Waals surface area (Å²) in [6, 6.07) is 0. The number of likely N-dealkylation sites (tertiary alicyclic amines) is 1. The second-order valence-corrected chi connectivity index (χ2v) is 6.85. The smallest absolute Gasteiger partial charge is 0.191 e. The van der Waals surface area contributed by atoms with Crippen LogP contribution in [0.2, 0.25) is 0 Å². The summed E-state index contributed by atoms with van der Waals surface area (Å²) in [7, 11) is 1.84. The third kappa shape index (κ3) is 9.72. The zero-order valence-corrected chi connectivity index (χ0v) is 17.2. The monoisotopic (exact) mass is 438 g/mol. The van der Waals surface area contributed by atoms with Crippen LogP contribution < -0.4 is 10.6 Å². The highest BCUT2D eigenvalue weighted by atomic mass is 127. The molecule has 1 saturated heterocycles. The summed E-state index contributed by atoms with van der Waals surface area (Å²) >= 11 is 0. The third-order valence-electron chi connectivity index (χ3n) is 4.49. The molecule has 0 aromatic carbocycles. The summed E-state index contributed by atoms with van der Waals surface area (Å²) in [6.45, 7) is 9.65. The maximum Gasteiger partial charge on any atom is 0.191 e. The van der Waals surface area contributed by atoms with Gasteiger partial charge in [-0.2, -0.15) is 0 Å². The number of hydrogen-bond acceptors (Lipinski definition) is 3. The van der Waals surface area contributed by atoms with E-state index >= 15 is 0 Å². The molecular formula is C17H35IN4O. The molecule has 23 heavy (non-hydrogen) atoms. The van der Waals surface area contributed by atoms with Crippen LogP contribution in [0, 0.1) is 11.8 Å². The summed E-state index contributed by atoms with van der Waals surface area (Å²) < 4.78 is 5.64. The highest BCUT2D eigenvalue weighted by Gasteiger charge is 2.20. The summed E-state index contributed by atoms with van der Waals surface area (Å²) in [5.74, 6) is 2.62. The Morgan fingerprint density at radius 3 is 2.70 bits per heavy atom. The van der Waals surface area contributed by atoms with Gasteiger partial charge in [0.1, 0.15) is 0 Å². The highest BCUT2D eigenvalue weighted by molar-refractivity contribution is 14.0.